The highest BCUT2D eigenvalue weighted by molar-refractivity contribution is 7.79. The van der Waals surface area contributed by atoms with Gasteiger partial charge in [-0.25, -0.2) is 0 Å². The van der Waals surface area contributed by atoms with Crippen LogP contribution >= 0.6 is 0 Å². The van der Waals surface area contributed by atoms with Gasteiger partial charge >= 0.3 is 10.4 Å². The Bertz CT molecular complexity index is 344. The predicted molar refractivity (Wildman–Crippen MR) is 101 cm³/mol. The molecule has 0 aliphatic rings. The fourth-order valence-corrected chi connectivity index (χ4v) is 2.53. The maximum absolute atomic E-state index is 8.74. The molecule has 5 nitrogen and oxygen atoms in total. The molecule has 0 atom stereocenters. The first-order chi connectivity index (χ1) is 11.4. The van der Waals surface area contributed by atoms with Crippen LogP contribution in [0.4, 0.5) is 0 Å². The first-order valence-corrected chi connectivity index (χ1v) is 10.8. The third-order valence-corrected chi connectivity index (χ3v) is 3.83. The van der Waals surface area contributed by atoms with Crippen molar-refractivity contribution >= 4 is 10.4 Å². The normalized spacial score (nSPS) is 11.5. The third kappa shape index (κ3) is 37.6. The number of rotatable bonds is 15. The molecule has 0 fully saturated rings. The van der Waals surface area contributed by atoms with Gasteiger partial charge in [-0.1, -0.05) is 96.5 Å². The topological polar surface area (TPSA) is 94.8 Å². The molecule has 3 N–H and O–H groups in total. The Morgan fingerprint density at radius 1 is 0.667 bits per heavy atom. The summed E-state index contributed by atoms with van der Waals surface area (Å²) in [6, 6.07) is 0. The molecule has 24 heavy (non-hydrogen) atoms. The third-order valence-electron chi connectivity index (χ3n) is 3.83. The van der Waals surface area contributed by atoms with Gasteiger partial charge in [0.1, 0.15) is 0 Å². The van der Waals surface area contributed by atoms with Crippen molar-refractivity contribution in [2.24, 2.45) is 0 Å². The summed E-state index contributed by atoms with van der Waals surface area (Å²) in [4.78, 5) is 0. The van der Waals surface area contributed by atoms with Crippen molar-refractivity contribution in [1.29, 1.82) is 0 Å². The SMILES string of the molecule is CCCCCCCCCCCCCCCCC=CO.O=S(=O)(O)O. The molecule has 6 heteroatoms. The average Bonchev–Trinajstić information content (AvgIpc) is 2.49. The fraction of sp³-hybridized carbons (Fsp3) is 0.889. The van der Waals surface area contributed by atoms with E-state index in [1.165, 1.54) is 96.2 Å². The molecule has 0 heterocycles. The molecule has 0 amide bonds. The summed E-state index contributed by atoms with van der Waals surface area (Å²) in [5, 5.41) is 8.49. The van der Waals surface area contributed by atoms with Gasteiger partial charge in [0.05, 0.1) is 6.26 Å². The second-order valence-electron chi connectivity index (χ2n) is 6.22. The van der Waals surface area contributed by atoms with Crippen LogP contribution in [0.15, 0.2) is 12.3 Å². The zero-order chi connectivity index (χ0) is 18.5. The molecular formula is C18H38O5S. The molecule has 0 aliphatic heterocycles. The molecule has 0 aliphatic carbocycles. The van der Waals surface area contributed by atoms with E-state index in [0.29, 0.717) is 0 Å². The minimum Gasteiger partial charge on any atom is -0.516 e. The van der Waals surface area contributed by atoms with Crippen LogP contribution < -0.4 is 0 Å². The minimum absolute atomic E-state index is 1.04. The second-order valence-corrected chi connectivity index (χ2v) is 7.11. The molecule has 0 bridgehead atoms. The summed E-state index contributed by atoms with van der Waals surface area (Å²) >= 11 is 0. The van der Waals surface area contributed by atoms with Gasteiger partial charge in [0.2, 0.25) is 0 Å². The van der Waals surface area contributed by atoms with Crippen molar-refractivity contribution in [3.8, 4) is 0 Å². The lowest BCUT2D eigenvalue weighted by atomic mass is 10.0. The molecular weight excluding hydrogens is 328 g/mol. The molecule has 0 aromatic carbocycles. The number of hydrogen-bond donors (Lipinski definition) is 3. The number of aliphatic hydroxyl groups excluding tert-OH is 1. The van der Waals surface area contributed by atoms with E-state index in [2.05, 4.69) is 6.92 Å². The molecule has 146 valence electrons. The highest BCUT2D eigenvalue weighted by atomic mass is 32.3. The van der Waals surface area contributed by atoms with E-state index in [9.17, 15) is 0 Å². The first-order valence-electron chi connectivity index (χ1n) is 9.41. The van der Waals surface area contributed by atoms with Crippen LogP contribution in [0, 0.1) is 0 Å². The smallest absolute Gasteiger partial charge is 0.394 e. The quantitative estimate of drug-likeness (QED) is 0.180. The Hall–Kier alpha value is -0.590. The summed E-state index contributed by atoms with van der Waals surface area (Å²) in [5.41, 5.74) is 0. The van der Waals surface area contributed by atoms with Gasteiger partial charge in [-0.3, -0.25) is 9.11 Å². The molecule has 0 aromatic rings. The van der Waals surface area contributed by atoms with Crippen molar-refractivity contribution in [3.05, 3.63) is 12.3 Å². The maximum atomic E-state index is 8.74. The van der Waals surface area contributed by atoms with Crippen LogP contribution in [0.1, 0.15) is 103 Å². The predicted octanol–water partition coefficient (Wildman–Crippen LogP) is 6.28. The van der Waals surface area contributed by atoms with Crippen LogP contribution in [0.2, 0.25) is 0 Å². The van der Waals surface area contributed by atoms with Crippen LogP contribution in [0.5, 0.6) is 0 Å². The molecule has 0 saturated carbocycles. The Kier molecular flexibility index (Phi) is 21.9. The summed E-state index contributed by atoms with van der Waals surface area (Å²) in [6.07, 6.45) is 23.7. The zero-order valence-electron chi connectivity index (χ0n) is 15.3. The lowest BCUT2D eigenvalue weighted by Crippen LogP contribution is -1.89. The largest absolute Gasteiger partial charge is 0.516 e. The van der Waals surface area contributed by atoms with Gasteiger partial charge in [0.25, 0.3) is 0 Å². The van der Waals surface area contributed by atoms with Crippen LogP contribution in [-0.2, 0) is 10.4 Å². The number of aliphatic hydroxyl groups is 1. The maximum Gasteiger partial charge on any atom is 0.394 e. The summed E-state index contributed by atoms with van der Waals surface area (Å²) < 4.78 is 31.6. The molecule has 0 unspecified atom stereocenters. The standard InChI is InChI=1S/C18H36O.H2O4S/c1-2-3-4-5-6-7-8-9-10-11-12-13-14-15-16-17-18-19;1-5(2,3)4/h17-19H,2-16H2,1H3;(H2,1,2,3,4). The van der Waals surface area contributed by atoms with Gasteiger partial charge in [0, 0.05) is 0 Å². The highest BCUT2D eigenvalue weighted by Gasteiger charge is 1.93. The molecule has 0 saturated heterocycles. The molecule has 0 spiro atoms. The van der Waals surface area contributed by atoms with Gasteiger partial charge in [-0.15, -0.1) is 0 Å². The van der Waals surface area contributed by atoms with Gasteiger partial charge in [-0.2, -0.15) is 8.42 Å². The Morgan fingerprint density at radius 3 is 1.25 bits per heavy atom. The van der Waals surface area contributed by atoms with E-state index in [4.69, 9.17) is 22.6 Å². The number of allylic oxidation sites excluding steroid dienone is 1. The number of unbranched alkanes of at least 4 members (excludes halogenated alkanes) is 14. The van der Waals surface area contributed by atoms with Gasteiger partial charge < -0.3 is 5.11 Å². The van der Waals surface area contributed by atoms with E-state index in [1.54, 1.807) is 0 Å². The monoisotopic (exact) mass is 366 g/mol. The van der Waals surface area contributed by atoms with Crippen molar-refractivity contribution < 1.29 is 22.6 Å². The van der Waals surface area contributed by atoms with Crippen molar-refractivity contribution in [1.82, 2.24) is 0 Å². The van der Waals surface area contributed by atoms with Crippen molar-refractivity contribution in [2.75, 3.05) is 0 Å². The average molecular weight is 367 g/mol. The van der Waals surface area contributed by atoms with E-state index in [1.807, 2.05) is 6.08 Å². The molecule has 0 radical (unpaired) electrons. The van der Waals surface area contributed by atoms with E-state index < -0.39 is 10.4 Å². The lowest BCUT2D eigenvalue weighted by Gasteiger charge is -2.02. The summed E-state index contributed by atoms with van der Waals surface area (Å²) in [7, 11) is -4.67. The lowest BCUT2D eigenvalue weighted by molar-refractivity contribution is 0.381. The van der Waals surface area contributed by atoms with Gasteiger partial charge in [-0.05, 0) is 12.8 Å². The highest BCUT2D eigenvalue weighted by Crippen LogP contribution is 2.13. The fourth-order valence-electron chi connectivity index (χ4n) is 2.53. The Labute approximate surface area is 149 Å². The van der Waals surface area contributed by atoms with E-state index in [-0.39, 0.29) is 0 Å². The Morgan fingerprint density at radius 2 is 0.958 bits per heavy atom. The van der Waals surface area contributed by atoms with E-state index >= 15 is 0 Å². The van der Waals surface area contributed by atoms with Crippen molar-refractivity contribution in [3.63, 3.8) is 0 Å². The second kappa shape index (κ2) is 20.5. The number of hydrogen-bond acceptors (Lipinski definition) is 3. The van der Waals surface area contributed by atoms with Crippen LogP contribution in [-0.4, -0.2) is 22.6 Å². The van der Waals surface area contributed by atoms with Crippen molar-refractivity contribution in [2.45, 2.75) is 103 Å². The minimum atomic E-state index is -4.67. The first kappa shape index (κ1) is 25.6. The van der Waals surface area contributed by atoms with E-state index in [0.717, 1.165) is 6.42 Å². The van der Waals surface area contributed by atoms with Gasteiger partial charge in [0.15, 0.2) is 0 Å². The van der Waals surface area contributed by atoms with Crippen LogP contribution in [0.3, 0.4) is 0 Å². The Balaban J connectivity index is 0. The molecule has 0 aromatic heterocycles. The zero-order valence-corrected chi connectivity index (χ0v) is 16.1. The molecule has 0 rings (SSSR count). The van der Waals surface area contributed by atoms with Crippen LogP contribution in [0.25, 0.3) is 0 Å². The summed E-state index contributed by atoms with van der Waals surface area (Å²) in [5.74, 6) is 0. The summed E-state index contributed by atoms with van der Waals surface area (Å²) in [6.45, 7) is 2.28.